The molecule has 0 radical (unpaired) electrons. The van der Waals surface area contributed by atoms with E-state index in [0.29, 0.717) is 0 Å². The van der Waals surface area contributed by atoms with Gasteiger partial charge in [-0.25, -0.2) is 12.8 Å². The Kier molecular flexibility index (Phi) is 7.17. The Labute approximate surface area is 175 Å². The van der Waals surface area contributed by atoms with Gasteiger partial charge in [0.15, 0.2) is 9.84 Å². The first kappa shape index (κ1) is 21.9. The molecule has 1 atom stereocenters. The van der Waals surface area contributed by atoms with E-state index in [1.165, 1.54) is 18.2 Å². The average molecular weight is 434 g/mol. The lowest BCUT2D eigenvalue weighted by molar-refractivity contribution is -0.126. The molecule has 1 fully saturated rings. The van der Waals surface area contributed by atoms with Crippen LogP contribution in [0.1, 0.15) is 22.0 Å². The van der Waals surface area contributed by atoms with Crippen LogP contribution in [0, 0.1) is 5.82 Å². The number of carbonyl (C=O) groups excluding carboxylic acids is 2. The third kappa shape index (κ3) is 5.64. The van der Waals surface area contributed by atoms with Gasteiger partial charge in [-0.2, -0.15) is 0 Å². The standard InChI is InChI=1S/C21H24FN3O4S/c22-18-9-5-4-8-17(18)20(26)23-10-11-24-21(27)19(16-6-2-1-3-7-16)25-12-14-30(28,29)15-13-25/h1-9,19H,10-15H2,(H,23,26)(H,24,27). The lowest BCUT2D eigenvalue weighted by Crippen LogP contribution is -2.48. The number of halogens is 1. The Balaban J connectivity index is 1.59. The Morgan fingerprint density at radius 3 is 2.20 bits per heavy atom. The zero-order valence-electron chi connectivity index (χ0n) is 16.4. The molecule has 0 spiro atoms. The SMILES string of the molecule is O=C(NCCNC(=O)C(c1ccccc1)N1CCS(=O)(=O)CC1)c1ccccc1F. The summed E-state index contributed by atoms with van der Waals surface area (Å²) in [7, 11) is -3.07. The summed E-state index contributed by atoms with van der Waals surface area (Å²) < 4.78 is 37.1. The van der Waals surface area contributed by atoms with Crippen LogP contribution in [-0.2, 0) is 14.6 Å². The third-order valence-electron chi connectivity index (χ3n) is 4.94. The third-order valence-corrected chi connectivity index (χ3v) is 6.55. The first-order chi connectivity index (χ1) is 14.4. The van der Waals surface area contributed by atoms with Crippen molar-refractivity contribution in [3.05, 3.63) is 71.5 Å². The number of rotatable bonds is 7. The number of nitrogens with one attached hydrogen (secondary N) is 2. The quantitative estimate of drug-likeness (QED) is 0.639. The molecule has 2 aromatic carbocycles. The van der Waals surface area contributed by atoms with Crippen molar-refractivity contribution < 1.29 is 22.4 Å². The molecule has 1 unspecified atom stereocenters. The van der Waals surface area contributed by atoms with Gasteiger partial charge in [0, 0.05) is 26.2 Å². The minimum atomic E-state index is -3.07. The van der Waals surface area contributed by atoms with E-state index in [4.69, 9.17) is 0 Å². The van der Waals surface area contributed by atoms with Gasteiger partial charge in [-0.3, -0.25) is 14.5 Å². The summed E-state index contributed by atoms with van der Waals surface area (Å²) in [5, 5.41) is 5.36. The Bertz CT molecular complexity index is 984. The highest BCUT2D eigenvalue weighted by Gasteiger charge is 2.32. The molecule has 1 aliphatic rings. The van der Waals surface area contributed by atoms with Gasteiger partial charge in [0.25, 0.3) is 5.91 Å². The highest BCUT2D eigenvalue weighted by Crippen LogP contribution is 2.23. The van der Waals surface area contributed by atoms with E-state index < -0.39 is 27.6 Å². The van der Waals surface area contributed by atoms with E-state index in [1.807, 2.05) is 35.2 Å². The molecular weight excluding hydrogens is 409 g/mol. The Morgan fingerprint density at radius 2 is 1.53 bits per heavy atom. The molecule has 160 valence electrons. The van der Waals surface area contributed by atoms with Crippen molar-refractivity contribution in [3.8, 4) is 0 Å². The first-order valence-corrected chi connectivity index (χ1v) is 11.5. The fourth-order valence-corrected chi connectivity index (χ4v) is 4.58. The second-order valence-corrected chi connectivity index (χ2v) is 9.33. The van der Waals surface area contributed by atoms with Crippen molar-refractivity contribution in [1.82, 2.24) is 15.5 Å². The summed E-state index contributed by atoms with van der Waals surface area (Å²) >= 11 is 0. The number of sulfone groups is 1. The van der Waals surface area contributed by atoms with Crippen LogP contribution in [0.5, 0.6) is 0 Å². The lowest BCUT2D eigenvalue weighted by atomic mass is 10.0. The van der Waals surface area contributed by atoms with Crippen LogP contribution < -0.4 is 10.6 Å². The molecule has 2 amide bonds. The molecule has 0 bridgehead atoms. The highest BCUT2D eigenvalue weighted by atomic mass is 32.2. The fraction of sp³-hybridized carbons (Fsp3) is 0.333. The molecule has 2 N–H and O–H groups in total. The van der Waals surface area contributed by atoms with E-state index in [-0.39, 0.29) is 49.2 Å². The van der Waals surface area contributed by atoms with Gasteiger partial charge in [0.1, 0.15) is 11.9 Å². The number of benzene rings is 2. The maximum atomic E-state index is 13.7. The first-order valence-electron chi connectivity index (χ1n) is 9.67. The zero-order chi connectivity index (χ0) is 21.6. The lowest BCUT2D eigenvalue weighted by Gasteiger charge is -2.33. The Morgan fingerprint density at radius 1 is 0.933 bits per heavy atom. The summed E-state index contributed by atoms with van der Waals surface area (Å²) in [6.45, 7) is 0.849. The fourth-order valence-electron chi connectivity index (χ4n) is 3.35. The second kappa shape index (κ2) is 9.82. The van der Waals surface area contributed by atoms with Crippen LogP contribution in [0.3, 0.4) is 0 Å². The Hall–Kier alpha value is -2.78. The largest absolute Gasteiger partial charge is 0.353 e. The van der Waals surface area contributed by atoms with Crippen molar-refractivity contribution in [2.24, 2.45) is 0 Å². The van der Waals surface area contributed by atoms with Gasteiger partial charge in [-0.05, 0) is 17.7 Å². The second-order valence-electron chi connectivity index (χ2n) is 7.03. The van der Waals surface area contributed by atoms with E-state index in [9.17, 15) is 22.4 Å². The van der Waals surface area contributed by atoms with Crippen LogP contribution in [0.4, 0.5) is 4.39 Å². The minimum absolute atomic E-state index is 0.0162. The van der Waals surface area contributed by atoms with Gasteiger partial charge in [0.2, 0.25) is 5.91 Å². The molecule has 1 heterocycles. The molecule has 0 saturated carbocycles. The van der Waals surface area contributed by atoms with Gasteiger partial charge in [-0.1, -0.05) is 42.5 Å². The summed E-state index contributed by atoms with van der Waals surface area (Å²) in [5.74, 6) is -1.41. The summed E-state index contributed by atoms with van der Waals surface area (Å²) in [6, 6.07) is 14.2. The van der Waals surface area contributed by atoms with Crippen LogP contribution >= 0.6 is 0 Å². The van der Waals surface area contributed by atoms with Gasteiger partial charge in [0.05, 0.1) is 17.1 Å². The zero-order valence-corrected chi connectivity index (χ0v) is 17.2. The smallest absolute Gasteiger partial charge is 0.254 e. The van der Waals surface area contributed by atoms with Crippen LogP contribution in [0.15, 0.2) is 54.6 Å². The molecule has 3 rings (SSSR count). The minimum Gasteiger partial charge on any atom is -0.353 e. The molecule has 0 aliphatic carbocycles. The molecular formula is C21H24FN3O4S. The summed E-state index contributed by atoms with van der Waals surface area (Å²) in [6.07, 6.45) is 0. The van der Waals surface area contributed by atoms with Crippen LogP contribution in [0.25, 0.3) is 0 Å². The predicted molar refractivity (Wildman–Crippen MR) is 111 cm³/mol. The summed E-state index contributed by atoms with van der Waals surface area (Å²) in [5.41, 5.74) is 0.713. The van der Waals surface area contributed by atoms with E-state index >= 15 is 0 Å². The molecule has 0 aromatic heterocycles. The molecule has 2 aromatic rings. The molecule has 7 nitrogen and oxygen atoms in total. The number of hydrogen-bond donors (Lipinski definition) is 2. The maximum Gasteiger partial charge on any atom is 0.254 e. The average Bonchev–Trinajstić information content (AvgIpc) is 2.73. The highest BCUT2D eigenvalue weighted by molar-refractivity contribution is 7.91. The predicted octanol–water partition coefficient (Wildman–Crippen LogP) is 1.14. The van der Waals surface area contributed by atoms with Crippen molar-refractivity contribution in [1.29, 1.82) is 0 Å². The number of amides is 2. The van der Waals surface area contributed by atoms with E-state index in [2.05, 4.69) is 10.6 Å². The topological polar surface area (TPSA) is 95.6 Å². The van der Waals surface area contributed by atoms with Crippen molar-refractivity contribution in [2.45, 2.75) is 6.04 Å². The van der Waals surface area contributed by atoms with Gasteiger partial charge in [-0.15, -0.1) is 0 Å². The maximum absolute atomic E-state index is 13.7. The number of hydrogen-bond acceptors (Lipinski definition) is 5. The molecule has 1 saturated heterocycles. The van der Waals surface area contributed by atoms with Gasteiger partial charge < -0.3 is 10.6 Å². The number of nitrogens with zero attached hydrogens (tertiary/aromatic N) is 1. The monoisotopic (exact) mass is 433 g/mol. The molecule has 1 aliphatic heterocycles. The molecule has 30 heavy (non-hydrogen) atoms. The van der Waals surface area contributed by atoms with Crippen molar-refractivity contribution in [2.75, 3.05) is 37.7 Å². The van der Waals surface area contributed by atoms with E-state index in [1.54, 1.807) is 6.07 Å². The van der Waals surface area contributed by atoms with Crippen molar-refractivity contribution >= 4 is 21.7 Å². The van der Waals surface area contributed by atoms with Crippen molar-refractivity contribution in [3.63, 3.8) is 0 Å². The van der Waals surface area contributed by atoms with E-state index in [0.717, 1.165) is 5.56 Å². The summed E-state index contributed by atoms with van der Waals surface area (Å²) in [4.78, 5) is 26.8. The molecule has 9 heteroatoms. The van der Waals surface area contributed by atoms with Crippen LogP contribution in [0.2, 0.25) is 0 Å². The normalized spacial score (nSPS) is 17.1. The van der Waals surface area contributed by atoms with Gasteiger partial charge >= 0.3 is 0 Å². The van der Waals surface area contributed by atoms with Crippen LogP contribution in [-0.4, -0.2) is 62.8 Å². The number of carbonyl (C=O) groups is 2.